The van der Waals surface area contributed by atoms with Crippen LogP contribution in [0.3, 0.4) is 0 Å². The Hall–Kier alpha value is -6.69. The number of methoxy groups -OCH3 is 2. The highest BCUT2D eigenvalue weighted by Gasteiger charge is 2.37. The number of hydrogen-bond donors (Lipinski definition) is 2. The summed E-state index contributed by atoms with van der Waals surface area (Å²) in [6.07, 6.45) is 4.80. The molecule has 0 aromatic heterocycles. The topological polar surface area (TPSA) is 153 Å². The fourth-order valence-electron chi connectivity index (χ4n) is 11.1. The van der Waals surface area contributed by atoms with Crippen molar-refractivity contribution in [3.05, 3.63) is 141 Å². The van der Waals surface area contributed by atoms with Crippen molar-refractivity contribution in [1.29, 1.82) is 0 Å². The van der Waals surface area contributed by atoms with Gasteiger partial charge in [-0.1, -0.05) is 55.5 Å². The first-order chi connectivity index (χ1) is 38.1. The number of hydrogen-bond acceptors (Lipinski definition) is 14. The number of rotatable bonds is 28. The number of carbonyl (C=O) groups excluding carboxylic acids is 3. The lowest BCUT2D eigenvalue weighted by Crippen LogP contribution is -2.47. The number of ketones is 1. The van der Waals surface area contributed by atoms with Crippen LogP contribution < -0.4 is 34.8 Å². The molecule has 0 spiro atoms. The Bertz CT molecular complexity index is 2860. The van der Waals surface area contributed by atoms with Crippen molar-refractivity contribution in [3.8, 4) is 17.2 Å². The molecule has 416 valence electrons. The van der Waals surface area contributed by atoms with E-state index in [1.54, 1.807) is 20.3 Å². The summed E-state index contributed by atoms with van der Waals surface area (Å²) in [5.41, 5.74) is 14.2. The molecule has 4 aliphatic rings. The third-order valence-corrected chi connectivity index (χ3v) is 15.3. The number of hydroxylamine groups is 1. The number of amides is 2. The summed E-state index contributed by atoms with van der Waals surface area (Å²) in [6, 6.07) is 30.9. The van der Waals surface area contributed by atoms with Gasteiger partial charge in [0.1, 0.15) is 24.7 Å². The molecule has 0 bridgehead atoms. The zero-order valence-electron chi connectivity index (χ0n) is 46.2. The lowest BCUT2D eigenvalue weighted by Gasteiger charge is -2.36. The molecule has 2 N–H and O–H groups in total. The summed E-state index contributed by atoms with van der Waals surface area (Å²) in [7, 11) is 5.30. The van der Waals surface area contributed by atoms with E-state index in [-0.39, 0.29) is 42.9 Å². The van der Waals surface area contributed by atoms with Crippen LogP contribution in [0.25, 0.3) is 0 Å². The Morgan fingerprint density at radius 1 is 0.679 bits per heavy atom. The average Bonchev–Trinajstić information content (AvgIpc) is 3.72. The smallest absolute Gasteiger partial charge is 0.256 e. The maximum absolute atomic E-state index is 14.3. The van der Waals surface area contributed by atoms with Gasteiger partial charge in [-0.3, -0.25) is 14.4 Å². The number of benzene rings is 5. The molecule has 16 heteroatoms. The van der Waals surface area contributed by atoms with Gasteiger partial charge in [-0.2, -0.15) is 0 Å². The van der Waals surface area contributed by atoms with E-state index in [4.69, 9.17) is 33.3 Å². The fourth-order valence-corrected chi connectivity index (χ4v) is 11.1. The van der Waals surface area contributed by atoms with Gasteiger partial charge < -0.3 is 58.2 Å². The number of ether oxygens (including phenoxy) is 6. The minimum Gasteiger partial charge on any atom is -0.493 e. The van der Waals surface area contributed by atoms with Gasteiger partial charge in [-0.25, -0.2) is 5.48 Å². The van der Waals surface area contributed by atoms with E-state index in [1.165, 1.54) is 22.3 Å². The van der Waals surface area contributed by atoms with Gasteiger partial charge in [0, 0.05) is 90.6 Å². The number of carbonyl (C=O) groups is 3. The Labute approximate surface area is 460 Å². The maximum Gasteiger partial charge on any atom is 0.256 e. The van der Waals surface area contributed by atoms with Crippen molar-refractivity contribution in [2.75, 3.05) is 109 Å². The Morgan fingerprint density at radius 3 is 2.03 bits per heavy atom. The Balaban J connectivity index is 0.963. The summed E-state index contributed by atoms with van der Waals surface area (Å²) < 4.78 is 36.3. The first-order valence-electron chi connectivity index (χ1n) is 27.8. The second kappa shape index (κ2) is 27.3. The number of unbranched alkanes of at least 4 members (excludes halogenated alkanes) is 1. The summed E-state index contributed by atoms with van der Waals surface area (Å²) in [6.45, 7) is 11.7. The largest absolute Gasteiger partial charge is 0.493 e. The second-order valence-electron chi connectivity index (χ2n) is 20.8. The average molecular weight is 1070 g/mol. The second-order valence-corrected chi connectivity index (χ2v) is 20.8. The van der Waals surface area contributed by atoms with Gasteiger partial charge >= 0.3 is 0 Å². The van der Waals surface area contributed by atoms with Crippen LogP contribution in [-0.2, 0) is 63.0 Å². The van der Waals surface area contributed by atoms with Crippen molar-refractivity contribution in [2.24, 2.45) is 0 Å². The van der Waals surface area contributed by atoms with Crippen LogP contribution in [0.5, 0.6) is 17.2 Å². The SMILES string of the molecule is CCNOCCCCC(=O)CCCN(CCOCCOCCOC)c1cc(COc2cc3c(cc2C)C(=O)N2Cc4ccccc4C[C@H]2CN3C)cc(COc2cc3c(cc2OC)C(=O)N2Cc4ccccc4C[C@H]2CN3)c1. The molecule has 0 radical (unpaired) electrons. The zero-order valence-corrected chi connectivity index (χ0v) is 46.2. The Morgan fingerprint density at radius 2 is 1.32 bits per heavy atom. The highest BCUT2D eigenvalue weighted by atomic mass is 16.6. The molecule has 5 aromatic rings. The lowest BCUT2D eigenvalue weighted by atomic mass is 9.93. The van der Waals surface area contributed by atoms with E-state index in [0.29, 0.717) is 132 Å². The maximum atomic E-state index is 14.3. The first-order valence-corrected chi connectivity index (χ1v) is 27.8. The van der Waals surface area contributed by atoms with Crippen molar-refractivity contribution in [2.45, 2.75) is 97.2 Å². The van der Waals surface area contributed by atoms with Crippen LogP contribution >= 0.6 is 0 Å². The molecular formula is C62H78N6O10. The van der Waals surface area contributed by atoms with Crippen molar-refractivity contribution in [1.82, 2.24) is 15.3 Å². The van der Waals surface area contributed by atoms with Crippen LogP contribution in [0, 0.1) is 6.92 Å². The molecule has 4 aliphatic heterocycles. The predicted octanol–water partition coefficient (Wildman–Crippen LogP) is 8.72. The standard InChI is InChI=1S/C62H78N6O10/c1-6-64-78-22-12-11-18-53(69)19-13-20-66(21-23-74-26-27-75-25-24-72-4)50-30-44(41-76-58-36-57-55(28-43(58)2)62(71)68-39-49-17-10-8-15-47(49)33-52(68)40-65(57)3)29-45(31-50)42-77-60-35-56-54(34-59(60)73-5)61(70)67-38-48-16-9-7-14-46(48)32-51(67)37-63-56/h7-10,14-17,28-31,34-36,51-52,63-64H,6,11-13,18-27,32-33,37-42H2,1-5H3/t51-,52-/m0/s1. The molecule has 0 fully saturated rings. The van der Waals surface area contributed by atoms with Crippen LogP contribution in [0.15, 0.2) is 91.0 Å². The number of fused-ring (bicyclic) bond motifs is 6. The number of nitrogens with one attached hydrogen (secondary N) is 2. The van der Waals surface area contributed by atoms with Gasteiger partial charge in [-0.15, -0.1) is 0 Å². The van der Waals surface area contributed by atoms with E-state index < -0.39 is 0 Å². The molecule has 16 nitrogen and oxygen atoms in total. The lowest BCUT2D eigenvalue weighted by molar-refractivity contribution is -0.119. The first kappa shape index (κ1) is 56.0. The van der Waals surface area contributed by atoms with Crippen LogP contribution in [-0.4, -0.2) is 133 Å². The normalized spacial score (nSPS) is 16.4. The highest BCUT2D eigenvalue weighted by Crippen LogP contribution is 2.40. The van der Waals surface area contributed by atoms with Gasteiger partial charge in [0.25, 0.3) is 11.8 Å². The highest BCUT2D eigenvalue weighted by molar-refractivity contribution is 6.02. The van der Waals surface area contributed by atoms with Gasteiger partial charge in [0.05, 0.1) is 81.3 Å². The summed E-state index contributed by atoms with van der Waals surface area (Å²) in [5.74, 6) is 1.89. The van der Waals surface area contributed by atoms with Gasteiger partial charge in [0.15, 0.2) is 11.5 Å². The molecule has 0 saturated carbocycles. The van der Waals surface area contributed by atoms with Gasteiger partial charge in [0.2, 0.25) is 0 Å². The molecule has 4 heterocycles. The predicted molar refractivity (Wildman–Crippen MR) is 302 cm³/mol. The molecule has 0 saturated heterocycles. The summed E-state index contributed by atoms with van der Waals surface area (Å²) in [5, 5.41) is 3.58. The molecule has 5 aromatic carbocycles. The van der Waals surface area contributed by atoms with Crippen molar-refractivity contribution in [3.63, 3.8) is 0 Å². The van der Waals surface area contributed by atoms with Crippen molar-refractivity contribution < 1.29 is 47.6 Å². The van der Waals surface area contributed by atoms with Gasteiger partial charge in [-0.05, 0) is 108 Å². The quantitative estimate of drug-likeness (QED) is 0.0363. The minimum atomic E-state index is -0.0413. The molecular weight excluding hydrogens is 989 g/mol. The number of aryl methyl sites for hydroxylation is 1. The number of nitrogens with zero attached hydrogens (tertiary/aromatic N) is 4. The number of Topliss-reactive ketones (excluding diaryl/α,β-unsaturated/α-hetero) is 1. The van der Waals surface area contributed by atoms with Crippen LogP contribution in [0.4, 0.5) is 17.1 Å². The number of likely N-dealkylation sites (N-methyl/N-ethyl adjacent to an activating group) is 1. The van der Waals surface area contributed by atoms with Crippen molar-refractivity contribution >= 4 is 34.7 Å². The van der Waals surface area contributed by atoms with E-state index >= 15 is 0 Å². The third-order valence-electron chi connectivity index (χ3n) is 15.3. The molecule has 2 atom stereocenters. The van der Waals surface area contributed by atoms with Crippen LogP contribution in [0.1, 0.15) is 98.7 Å². The van der Waals surface area contributed by atoms with E-state index in [0.717, 1.165) is 60.3 Å². The molecule has 0 aliphatic carbocycles. The molecule has 78 heavy (non-hydrogen) atoms. The monoisotopic (exact) mass is 1070 g/mol. The summed E-state index contributed by atoms with van der Waals surface area (Å²) in [4.78, 5) is 55.6. The zero-order chi connectivity index (χ0) is 54.4. The molecule has 0 unspecified atom stereocenters. The van der Waals surface area contributed by atoms with E-state index in [1.807, 2.05) is 54.0 Å². The summed E-state index contributed by atoms with van der Waals surface area (Å²) >= 11 is 0. The van der Waals surface area contributed by atoms with Crippen LogP contribution in [0.2, 0.25) is 0 Å². The van der Waals surface area contributed by atoms with E-state index in [2.05, 4.69) is 82.2 Å². The molecule has 2 amide bonds. The third kappa shape index (κ3) is 13.9. The van der Waals surface area contributed by atoms with E-state index in [9.17, 15) is 14.4 Å². The number of anilines is 3. The fraction of sp³-hybridized carbons (Fsp3) is 0.468. The minimum absolute atomic E-state index is 0.00574. The Kier molecular flexibility index (Phi) is 19.6. The molecule has 9 rings (SSSR count).